The smallest absolute Gasteiger partial charge is 0.342 e. The van der Waals surface area contributed by atoms with E-state index in [9.17, 15) is 15.2 Å². The molecule has 1 N–H and O–H groups in total. The number of hydrogen-bond donors (Lipinski definition) is 1. The monoisotopic (exact) mass is 692 g/mol. The normalized spacial score (nSPS) is 32.7. The van der Waals surface area contributed by atoms with Crippen LogP contribution in [0.1, 0.15) is 45.2 Å². The Labute approximate surface area is 273 Å². The van der Waals surface area contributed by atoms with Gasteiger partial charge in [0.05, 0.1) is 17.1 Å². The van der Waals surface area contributed by atoms with E-state index < -0.39 is 71.7 Å². The Hall–Kier alpha value is -1.92. The molecule has 2 unspecified atom stereocenters. The van der Waals surface area contributed by atoms with Gasteiger partial charge in [-0.25, -0.2) is 18.0 Å². The summed E-state index contributed by atoms with van der Waals surface area (Å²) in [6.07, 6.45) is 4.94. The van der Waals surface area contributed by atoms with Gasteiger partial charge in [-0.2, -0.15) is 5.26 Å². The van der Waals surface area contributed by atoms with Crippen LogP contribution in [0.4, 0.5) is 13.2 Å². The van der Waals surface area contributed by atoms with E-state index in [1.54, 1.807) is 0 Å². The van der Waals surface area contributed by atoms with Crippen LogP contribution in [0.3, 0.4) is 0 Å². The van der Waals surface area contributed by atoms with Gasteiger partial charge in [0.2, 0.25) is 10.1 Å². The van der Waals surface area contributed by atoms with E-state index in [2.05, 4.69) is 6.07 Å². The van der Waals surface area contributed by atoms with Crippen LogP contribution in [-0.2, 0) is 15.1 Å². The van der Waals surface area contributed by atoms with Gasteiger partial charge < -0.3 is 5.11 Å². The summed E-state index contributed by atoms with van der Waals surface area (Å²) in [5.41, 5.74) is -4.25. The van der Waals surface area contributed by atoms with Crippen molar-refractivity contribution < 1.29 is 23.1 Å². The van der Waals surface area contributed by atoms with Crippen LogP contribution in [0, 0.1) is 34.3 Å². The molecule has 4 rings (SSSR count). The highest BCUT2D eigenvalue weighted by Crippen LogP contribution is 2.69. The third kappa shape index (κ3) is 4.88. The molecule has 1 fully saturated rings. The third-order valence-corrected chi connectivity index (χ3v) is 11.4. The molecule has 1 heterocycles. The lowest BCUT2D eigenvalue weighted by molar-refractivity contribution is -0.148. The molecule has 2 aromatic rings. The van der Waals surface area contributed by atoms with E-state index in [4.69, 9.17) is 58.0 Å². The number of allylic oxidation sites excluding steroid dienone is 2. The minimum Gasteiger partial charge on any atom is -0.479 e. The molecule has 1 aliphatic carbocycles. The summed E-state index contributed by atoms with van der Waals surface area (Å²) in [4.78, 5) is 8.65. The zero-order valence-corrected chi connectivity index (χ0v) is 27.3. The Morgan fingerprint density at radius 1 is 1.12 bits per heavy atom. The highest BCUT2D eigenvalue weighted by atomic mass is 35.5. The van der Waals surface area contributed by atoms with Crippen molar-refractivity contribution in [2.45, 2.75) is 66.6 Å². The number of hydrogen-bond acceptors (Lipinski definition) is 3. The summed E-state index contributed by atoms with van der Waals surface area (Å²) in [6, 6.07) is 5.96. The fourth-order valence-electron chi connectivity index (χ4n) is 6.13. The molecule has 12 heteroatoms. The fourth-order valence-corrected chi connectivity index (χ4v) is 7.78. The van der Waals surface area contributed by atoms with Gasteiger partial charge in [-0.15, -0.1) is 11.6 Å². The van der Waals surface area contributed by atoms with Crippen molar-refractivity contribution in [2.75, 3.05) is 0 Å². The molecule has 0 bridgehead atoms. The molecule has 0 spiro atoms. The summed E-state index contributed by atoms with van der Waals surface area (Å²) < 4.78 is 48.6. The van der Waals surface area contributed by atoms with Gasteiger partial charge in [0.25, 0.3) is 0 Å². The first kappa shape index (κ1) is 34.0. The van der Waals surface area contributed by atoms with Gasteiger partial charge in [-0.1, -0.05) is 111 Å². The van der Waals surface area contributed by atoms with E-state index in [0.29, 0.717) is 0 Å². The molecule has 2 aliphatic rings. The molecule has 0 radical (unpaired) electrons. The predicted octanol–water partition coefficient (Wildman–Crippen LogP) is 9.34. The molecule has 230 valence electrons. The van der Waals surface area contributed by atoms with Crippen molar-refractivity contribution in [1.82, 2.24) is 4.90 Å². The number of halogens is 8. The summed E-state index contributed by atoms with van der Waals surface area (Å²) in [5, 5.41) is 19.0. The molecule has 2 aromatic carbocycles. The highest BCUT2D eigenvalue weighted by molar-refractivity contribution is 6.43. The minimum atomic E-state index is -3.02. The van der Waals surface area contributed by atoms with Crippen molar-refractivity contribution in [1.29, 1.82) is 5.26 Å². The quantitative estimate of drug-likeness (QED) is 0.232. The largest absolute Gasteiger partial charge is 0.479 e. The van der Waals surface area contributed by atoms with Crippen molar-refractivity contribution in [3.8, 4) is 6.07 Å². The molecule has 0 aromatic heterocycles. The maximum atomic E-state index is 16.3. The van der Waals surface area contributed by atoms with Gasteiger partial charge in [-0.05, 0) is 42.0 Å². The van der Waals surface area contributed by atoms with Crippen LogP contribution < -0.4 is 0 Å². The Balaban J connectivity index is 2.30. The number of likely N-dealkylation sites (tertiary alicyclic amines) is 1. The summed E-state index contributed by atoms with van der Waals surface area (Å²) >= 11 is 33.3. The van der Waals surface area contributed by atoms with Crippen LogP contribution in [-0.4, -0.2) is 38.2 Å². The van der Waals surface area contributed by atoms with Crippen LogP contribution >= 0.6 is 58.0 Å². The first-order valence-corrected chi connectivity index (χ1v) is 15.2. The van der Waals surface area contributed by atoms with Crippen molar-refractivity contribution in [2.24, 2.45) is 11.3 Å². The molecule has 1 aliphatic heterocycles. The molecule has 43 heavy (non-hydrogen) atoms. The third-order valence-electron chi connectivity index (χ3n) is 9.03. The highest BCUT2D eigenvalue weighted by Gasteiger charge is 2.82. The van der Waals surface area contributed by atoms with Crippen molar-refractivity contribution >= 4 is 64.0 Å². The molecule has 0 amide bonds. The lowest BCUT2D eigenvalue weighted by atomic mass is 9.60. The lowest BCUT2D eigenvalue weighted by Crippen LogP contribution is -2.63. The van der Waals surface area contributed by atoms with E-state index in [1.807, 2.05) is 27.7 Å². The van der Waals surface area contributed by atoms with Crippen molar-refractivity contribution in [3.05, 3.63) is 93.5 Å². The van der Waals surface area contributed by atoms with Gasteiger partial charge >= 0.3 is 5.97 Å². The van der Waals surface area contributed by atoms with E-state index in [-0.39, 0.29) is 17.4 Å². The topological polar surface area (TPSA) is 64.3 Å². The Bertz CT molecular complexity index is 1560. The number of aliphatic carboxylic acids is 1. The molecule has 1 saturated heterocycles. The zero-order chi connectivity index (χ0) is 32.3. The molecule has 0 saturated carbocycles. The first-order valence-electron chi connectivity index (χ1n) is 13.3. The lowest BCUT2D eigenvalue weighted by Gasteiger charge is -2.46. The zero-order valence-electron chi connectivity index (χ0n) is 23.5. The van der Waals surface area contributed by atoms with Gasteiger partial charge in [0, 0.05) is 22.2 Å². The van der Waals surface area contributed by atoms with E-state index in [1.165, 1.54) is 42.5 Å². The number of carboxylic acids is 1. The van der Waals surface area contributed by atoms with Crippen molar-refractivity contribution in [3.63, 3.8) is 0 Å². The number of rotatable bonds is 7. The van der Waals surface area contributed by atoms with E-state index >= 15 is 13.2 Å². The number of carbonyl (C=O) groups is 1. The van der Waals surface area contributed by atoms with E-state index in [0.717, 1.165) is 23.1 Å². The molecular formula is C31H28Cl5F3N2O2. The maximum Gasteiger partial charge on any atom is 0.342 e. The first-order chi connectivity index (χ1) is 19.8. The standard InChI is InChI=1S/C31H28Cl5F3N2O2/c1-17(2)27(3,4)15-24-28(16-40,19-12-11-18(32)14-22(19)37)30(35,20-8-7-9-21(33)25(20)38)31(36,26(42)43)41(24)23-10-5-6-13-29(23,34)39/h5-14,17,23-24H,15H2,1-4H3,(H,42,43)/t23?,24-,28+,29?,30+,31-/m0/s1. The van der Waals surface area contributed by atoms with Crippen LogP contribution in [0.25, 0.3) is 0 Å². The summed E-state index contributed by atoms with van der Waals surface area (Å²) in [5.74, 6) is -4.16. The summed E-state index contributed by atoms with van der Waals surface area (Å²) in [7, 11) is 0. The molecule has 6 atom stereocenters. The number of nitrogens with zero attached hydrogens (tertiary/aromatic N) is 2. The second kappa shape index (κ2) is 11.5. The molecule has 4 nitrogen and oxygen atoms in total. The SMILES string of the molecule is CC(C)C(C)(C)C[C@@H]1N(C2C=CC=CC2(F)Cl)[C@@](Cl)(C(=O)O)[C@@](Cl)(c2cccc(Cl)c2F)[C@]1(C#N)c1ccc(Cl)cc1F. The van der Waals surface area contributed by atoms with Gasteiger partial charge in [0.15, 0.2) is 0 Å². The number of alkyl halides is 4. The summed E-state index contributed by atoms with van der Waals surface area (Å²) in [6.45, 7) is 7.49. The Morgan fingerprint density at radius 3 is 2.30 bits per heavy atom. The average molecular weight is 695 g/mol. The Morgan fingerprint density at radius 2 is 1.77 bits per heavy atom. The number of carboxylic acid groups (broad SMARTS) is 1. The second-order valence-corrected chi connectivity index (χ2v) is 14.4. The molecular weight excluding hydrogens is 667 g/mol. The second-order valence-electron chi connectivity index (χ2n) is 11.9. The van der Waals surface area contributed by atoms with Crippen LogP contribution in [0.2, 0.25) is 10.0 Å². The number of benzene rings is 2. The van der Waals surface area contributed by atoms with Gasteiger partial charge in [-0.3, -0.25) is 4.90 Å². The number of nitriles is 1. The maximum absolute atomic E-state index is 16.3. The minimum absolute atomic E-state index is 0.0309. The average Bonchev–Trinajstić information content (AvgIpc) is 3.07. The van der Waals surface area contributed by atoms with Crippen LogP contribution in [0.15, 0.2) is 60.7 Å². The Kier molecular flexibility index (Phi) is 9.05. The fraction of sp³-hybridized carbons (Fsp3) is 0.419. The van der Waals surface area contributed by atoms with Gasteiger partial charge in [0.1, 0.15) is 21.9 Å². The van der Waals surface area contributed by atoms with Crippen LogP contribution in [0.5, 0.6) is 0 Å². The predicted molar refractivity (Wildman–Crippen MR) is 164 cm³/mol.